The molecule has 0 unspecified atom stereocenters. The smallest absolute Gasteiger partial charge is 0.367 e. The van der Waals surface area contributed by atoms with Crippen molar-refractivity contribution in [2.75, 3.05) is 13.2 Å². The Hall–Kier alpha value is -3.07. The summed E-state index contributed by atoms with van der Waals surface area (Å²) in [5, 5.41) is 8.04. The number of urea groups is 1. The monoisotopic (exact) mass is 423 g/mol. The van der Waals surface area contributed by atoms with Gasteiger partial charge in [0.25, 0.3) is 0 Å². The van der Waals surface area contributed by atoms with E-state index in [2.05, 4.69) is 20.7 Å². The van der Waals surface area contributed by atoms with Crippen LogP contribution in [0.25, 0.3) is 0 Å². The second-order valence-electron chi connectivity index (χ2n) is 6.55. The topological polar surface area (TPSA) is 79.5 Å². The molecule has 0 aliphatic heterocycles. The Balaban J connectivity index is 1.58. The average molecular weight is 423 g/mol. The average Bonchev–Trinajstić information content (AvgIpc) is 2.71. The summed E-state index contributed by atoms with van der Waals surface area (Å²) in [5.41, 5.74) is 2.39. The van der Waals surface area contributed by atoms with Crippen LogP contribution in [0.5, 0.6) is 0 Å². The van der Waals surface area contributed by atoms with Crippen molar-refractivity contribution >= 4 is 11.9 Å². The maximum absolute atomic E-state index is 12.0. The molecule has 2 aromatic rings. The molecule has 0 fully saturated rings. The number of hydrogen-bond donors (Lipinski definition) is 3. The minimum absolute atomic E-state index is 0.127. The number of hydrogen-bond acceptors (Lipinski definition) is 3. The highest BCUT2D eigenvalue weighted by atomic mass is 19.4. The fourth-order valence-corrected chi connectivity index (χ4v) is 2.46. The van der Waals surface area contributed by atoms with Crippen LogP contribution in [-0.4, -0.2) is 31.3 Å². The van der Waals surface area contributed by atoms with E-state index in [0.29, 0.717) is 12.1 Å². The molecule has 2 aromatic carbocycles. The molecule has 0 saturated heterocycles. The van der Waals surface area contributed by atoms with Gasteiger partial charge in [0.2, 0.25) is 5.91 Å². The number of rotatable bonds is 10. The van der Waals surface area contributed by atoms with Crippen molar-refractivity contribution in [3.63, 3.8) is 0 Å². The van der Waals surface area contributed by atoms with Crippen molar-refractivity contribution < 1.29 is 27.5 Å². The zero-order valence-electron chi connectivity index (χ0n) is 16.3. The maximum atomic E-state index is 12.0. The van der Waals surface area contributed by atoms with E-state index >= 15 is 0 Å². The molecule has 0 saturated carbocycles. The highest BCUT2D eigenvalue weighted by Crippen LogP contribution is 2.15. The number of nitrogens with one attached hydrogen (secondary N) is 3. The Labute approximate surface area is 172 Å². The van der Waals surface area contributed by atoms with Crippen molar-refractivity contribution in [2.45, 2.75) is 32.3 Å². The third-order valence-corrected chi connectivity index (χ3v) is 3.98. The van der Waals surface area contributed by atoms with Gasteiger partial charge in [0.15, 0.2) is 0 Å². The van der Waals surface area contributed by atoms with Crippen molar-refractivity contribution in [2.24, 2.45) is 0 Å². The maximum Gasteiger partial charge on any atom is 0.411 e. The largest absolute Gasteiger partial charge is 0.411 e. The predicted molar refractivity (Wildman–Crippen MR) is 105 cm³/mol. The van der Waals surface area contributed by atoms with Crippen LogP contribution in [-0.2, 0) is 29.2 Å². The van der Waals surface area contributed by atoms with Gasteiger partial charge in [-0.25, -0.2) is 4.79 Å². The molecule has 2 rings (SSSR count). The first-order valence-corrected chi connectivity index (χ1v) is 9.36. The van der Waals surface area contributed by atoms with E-state index in [1.807, 2.05) is 30.3 Å². The van der Waals surface area contributed by atoms with Crippen molar-refractivity contribution in [1.82, 2.24) is 16.0 Å². The van der Waals surface area contributed by atoms with Gasteiger partial charge in [0.05, 0.1) is 6.61 Å². The van der Waals surface area contributed by atoms with E-state index in [9.17, 15) is 22.8 Å². The van der Waals surface area contributed by atoms with E-state index in [4.69, 9.17) is 0 Å². The molecule has 30 heavy (non-hydrogen) atoms. The quantitative estimate of drug-likeness (QED) is 0.549. The Bertz CT molecular complexity index is 797. The van der Waals surface area contributed by atoms with E-state index < -0.39 is 12.8 Å². The summed E-state index contributed by atoms with van der Waals surface area (Å²) >= 11 is 0. The lowest BCUT2D eigenvalue weighted by atomic mass is 10.1. The van der Waals surface area contributed by atoms with E-state index in [1.54, 1.807) is 24.3 Å². The molecule has 0 aliphatic rings. The number of alkyl halides is 3. The molecule has 162 valence electrons. The highest BCUT2D eigenvalue weighted by molar-refractivity contribution is 5.78. The normalized spacial score (nSPS) is 11.0. The molecule has 0 atom stereocenters. The van der Waals surface area contributed by atoms with E-state index in [0.717, 1.165) is 11.1 Å². The summed E-state index contributed by atoms with van der Waals surface area (Å²) in [5.74, 6) is -0.226. The molecule has 0 heterocycles. The molecule has 3 amide bonds. The van der Waals surface area contributed by atoms with E-state index in [1.165, 1.54) is 0 Å². The van der Waals surface area contributed by atoms with Crippen molar-refractivity contribution in [1.29, 1.82) is 0 Å². The first-order valence-electron chi connectivity index (χ1n) is 9.36. The van der Waals surface area contributed by atoms with Gasteiger partial charge in [-0.15, -0.1) is 0 Å². The summed E-state index contributed by atoms with van der Waals surface area (Å²) in [7, 11) is 0. The Morgan fingerprint density at radius 1 is 0.800 bits per heavy atom. The van der Waals surface area contributed by atoms with Crippen LogP contribution in [0.1, 0.15) is 23.1 Å². The number of benzene rings is 2. The van der Waals surface area contributed by atoms with Crippen LogP contribution in [0.3, 0.4) is 0 Å². The lowest BCUT2D eigenvalue weighted by molar-refractivity contribution is -0.176. The molecule has 0 aliphatic carbocycles. The van der Waals surface area contributed by atoms with Gasteiger partial charge in [-0.2, -0.15) is 13.2 Å². The molecular weight excluding hydrogens is 399 g/mol. The number of amides is 3. The number of ether oxygens (including phenoxy) is 1. The Morgan fingerprint density at radius 3 is 2.07 bits per heavy atom. The van der Waals surface area contributed by atoms with Crippen LogP contribution in [0.15, 0.2) is 54.6 Å². The molecule has 0 aromatic heterocycles. The Kier molecular flexibility index (Phi) is 9.14. The van der Waals surface area contributed by atoms with Crippen molar-refractivity contribution in [3.8, 4) is 0 Å². The number of carbonyl (C=O) groups is 2. The molecule has 0 radical (unpaired) electrons. The SMILES string of the molecule is O=C(CCNC(=O)NCc1ccccc1)NCc1ccc(COCC(F)(F)F)cc1. The summed E-state index contributed by atoms with van der Waals surface area (Å²) in [6.45, 7) is -0.548. The predicted octanol–water partition coefficient (Wildman–Crippen LogP) is 3.27. The zero-order valence-corrected chi connectivity index (χ0v) is 16.3. The van der Waals surface area contributed by atoms with Crippen LogP contribution >= 0.6 is 0 Å². The van der Waals surface area contributed by atoms with E-state index in [-0.39, 0.29) is 38.1 Å². The van der Waals surface area contributed by atoms with Crippen molar-refractivity contribution in [3.05, 3.63) is 71.3 Å². The van der Waals surface area contributed by atoms with Gasteiger partial charge in [-0.05, 0) is 16.7 Å². The molecule has 9 heteroatoms. The van der Waals surface area contributed by atoms with Gasteiger partial charge >= 0.3 is 12.2 Å². The van der Waals surface area contributed by atoms with Gasteiger partial charge in [0, 0.05) is 26.1 Å². The summed E-state index contributed by atoms with van der Waals surface area (Å²) in [6, 6.07) is 15.8. The summed E-state index contributed by atoms with van der Waals surface area (Å²) in [6.07, 6.45) is -4.22. The third kappa shape index (κ3) is 9.92. The summed E-state index contributed by atoms with van der Waals surface area (Å²) in [4.78, 5) is 23.6. The van der Waals surface area contributed by atoms with Gasteiger partial charge < -0.3 is 20.7 Å². The molecule has 3 N–H and O–H groups in total. The van der Waals surface area contributed by atoms with Crippen LogP contribution < -0.4 is 16.0 Å². The van der Waals surface area contributed by atoms with Gasteiger partial charge in [-0.1, -0.05) is 54.6 Å². The molecule has 0 spiro atoms. The second-order valence-corrected chi connectivity index (χ2v) is 6.55. The minimum atomic E-state index is -4.35. The summed E-state index contributed by atoms with van der Waals surface area (Å²) < 4.78 is 40.7. The second kappa shape index (κ2) is 11.8. The first-order chi connectivity index (χ1) is 14.3. The lowest BCUT2D eigenvalue weighted by Crippen LogP contribution is -2.37. The fraction of sp³-hybridized carbons (Fsp3) is 0.333. The zero-order chi connectivity index (χ0) is 21.8. The lowest BCUT2D eigenvalue weighted by Gasteiger charge is -2.09. The van der Waals surface area contributed by atoms with Crippen LogP contribution in [0, 0.1) is 0 Å². The fourth-order valence-electron chi connectivity index (χ4n) is 2.46. The van der Waals surface area contributed by atoms with Crippen LogP contribution in [0.2, 0.25) is 0 Å². The number of halogens is 3. The molecule has 0 bridgehead atoms. The third-order valence-electron chi connectivity index (χ3n) is 3.98. The standard InChI is InChI=1S/C21H24F3N3O3/c22-21(23,24)15-30-14-18-8-6-17(7-9-18)12-26-19(28)10-11-25-20(29)27-13-16-4-2-1-3-5-16/h1-9H,10-15H2,(H,26,28)(H2,25,27,29). The minimum Gasteiger partial charge on any atom is -0.367 e. The van der Waals surface area contributed by atoms with Gasteiger partial charge in [0.1, 0.15) is 6.61 Å². The van der Waals surface area contributed by atoms with Gasteiger partial charge in [-0.3, -0.25) is 4.79 Å². The Morgan fingerprint density at radius 2 is 1.40 bits per heavy atom. The molecular formula is C21H24F3N3O3. The highest BCUT2D eigenvalue weighted by Gasteiger charge is 2.27. The number of carbonyl (C=O) groups excluding carboxylic acids is 2. The first kappa shape index (κ1) is 23.2. The molecule has 6 nitrogen and oxygen atoms in total. The van der Waals surface area contributed by atoms with Crippen LogP contribution in [0.4, 0.5) is 18.0 Å².